The van der Waals surface area contributed by atoms with Crippen LogP contribution in [0, 0.1) is 13.8 Å². The van der Waals surface area contributed by atoms with E-state index >= 15 is 0 Å². The molecule has 1 unspecified atom stereocenters. The largest absolute Gasteiger partial charge is 0.293 e. The number of aryl methyl sites for hydroxylation is 2. The van der Waals surface area contributed by atoms with Crippen LogP contribution < -0.4 is 0 Å². The van der Waals surface area contributed by atoms with Gasteiger partial charge in [0, 0.05) is 10.0 Å². The van der Waals surface area contributed by atoms with E-state index in [1.165, 1.54) is 0 Å². The van der Waals surface area contributed by atoms with E-state index in [4.69, 9.17) is 11.6 Å². The summed E-state index contributed by atoms with van der Waals surface area (Å²) in [6.45, 7) is 5.57. The zero-order valence-electron chi connectivity index (χ0n) is 8.40. The maximum absolute atomic E-state index is 11.7. The number of hydrogen-bond donors (Lipinski definition) is 0. The normalized spacial score (nSPS) is 12.6. The number of carbonyl (C=O) groups is 1. The van der Waals surface area contributed by atoms with Crippen LogP contribution in [0.15, 0.2) is 16.6 Å². The van der Waals surface area contributed by atoms with Gasteiger partial charge in [-0.25, -0.2) is 0 Å². The maximum Gasteiger partial charge on any atom is 0.180 e. The highest BCUT2D eigenvalue weighted by atomic mass is 79.9. The van der Waals surface area contributed by atoms with Gasteiger partial charge in [0.05, 0.1) is 5.38 Å². The number of hydrogen-bond acceptors (Lipinski definition) is 1. The van der Waals surface area contributed by atoms with Crippen molar-refractivity contribution in [3.05, 3.63) is 33.3 Å². The second kappa shape index (κ2) is 4.45. The zero-order chi connectivity index (χ0) is 10.9. The summed E-state index contributed by atoms with van der Waals surface area (Å²) in [5.74, 6) is -0.0141. The zero-order valence-corrected chi connectivity index (χ0v) is 10.7. The van der Waals surface area contributed by atoms with Crippen molar-refractivity contribution in [2.75, 3.05) is 0 Å². The molecule has 1 atom stereocenters. The Morgan fingerprint density at radius 1 is 1.36 bits per heavy atom. The molecule has 1 aromatic carbocycles. The summed E-state index contributed by atoms with van der Waals surface area (Å²) in [6.07, 6.45) is 0. The number of ketones is 1. The minimum Gasteiger partial charge on any atom is -0.293 e. The lowest BCUT2D eigenvalue weighted by atomic mass is 10.0. The lowest BCUT2D eigenvalue weighted by Crippen LogP contribution is -2.12. The first-order valence-electron chi connectivity index (χ1n) is 4.38. The van der Waals surface area contributed by atoms with Crippen LogP contribution in [0.4, 0.5) is 0 Å². The van der Waals surface area contributed by atoms with Crippen molar-refractivity contribution in [1.29, 1.82) is 0 Å². The summed E-state index contributed by atoms with van der Waals surface area (Å²) >= 11 is 9.19. The van der Waals surface area contributed by atoms with Crippen LogP contribution in [-0.2, 0) is 0 Å². The molecule has 0 aliphatic rings. The van der Waals surface area contributed by atoms with Crippen LogP contribution in [0.3, 0.4) is 0 Å². The molecule has 3 heteroatoms. The van der Waals surface area contributed by atoms with Gasteiger partial charge in [0.25, 0.3) is 0 Å². The monoisotopic (exact) mass is 274 g/mol. The van der Waals surface area contributed by atoms with Gasteiger partial charge in [-0.15, -0.1) is 11.6 Å². The third-order valence-electron chi connectivity index (χ3n) is 2.13. The van der Waals surface area contributed by atoms with E-state index in [0.717, 1.165) is 15.6 Å². The van der Waals surface area contributed by atoms with Crippen molar-refractivity contribution in [2.45, 2.75) is 26.1 Å². The minimum atomic E-state index is -0.464. The lowest BCUT2D eigenvalue weighted by molar-refractivity contribution is 0.0991. The summed E-state index contributed by atoms with van der Waals surface area (Å²) in [7, 11) is 0. The standard InChI is InChI=1S/C11H12BrClO/c1-6-5-10(12)7(2)4-9(6)11(14)8(3)13/h4-5,8H,1-3H3. The van der Waals surface area contributed by atoms with Crippen molar-refractivity contribution >= 4 is 33.3 Å². The smallest absolute Gasteiger partial charge is 0.180 e. The van der Waals surface area contributed by atoms with Crippen LogP contribution in [0.25, 0.3) is 0 Å². The van der Waals surface area contributed by atoms with Crippen molar-refractivity contribution in [1.82, 2.24) is 0 Å². The Hall–Kier alpha value is -0.340. The predicted molar refractivity (Wildman–Crippen MR) is 63.3 cm³/mol. The van der Waals surface area contributed by atoms with E-state index < -0.39 is 5.38 Å². The van der Waals surface area contributed by atoms with Crippen molar-refractivity contribution < 1.29 is 4.79 Å². The molecule has 0 saturated carbocycles. The first-order valence-corrected chi connectivity index (χ1v) is 5.61. The maximum atomic E-state index is 11.7. The Kier molecular flexibility index (Phi) is 3.73. The number of carbonyl (C=O) groups excluding carboxylic acids is 1. The van der Waals surface area contributed by atoms with Crippen molar-refractivity contribution in [3.8, 4) is 0 Å². The molecule has 0 radical (unpaired) electrons. The second-order valence-corrected chi connectivity index (χ2v) is 4.91. The van der Waals surface area contributed by atoms with Gasteiger partial charge >= 0.3 is 0 Å². The molecule has 14 heavy (non-hydrogen) atoms. The van der Waals surface area contributed by atoms with Gasteiger partial charge in [-0.3, -0.25) is 4.79 Å². The first kappa shape index (κ1) is 11.7. The molecule has 76 valence electrons. The van der Waals surface area contributed by atoms with Crippen LogP contribution >= 0.6 is 27.5 Å². The molecule has 0 aromatic heterocycles. The number of halogens is 2. The second-order valence-electron chi connectivity index (χ2n) is 3.40. The molecule has 0 aliphatic heterocycles. The van der Waals surface area contributed by atoms with Crippen molar-refractivity contribution in [3.63, 3.8) is 0 Å². The predicted octanol–water partition coefficient (Wildman–Crippen LogP) is 3.88. The van der Waals surface area contributed by atoms with Crippen LogP contribution in [0.2, 0.25) is 0 Å². The fourth-order valence-electron chi connectivity index (χ4n) is 1.26. The summed E-state index contributed by atoms with van der Waals surface area (Å²) in [5, 5.41) is -0.464. The molecule has 0 spiro atoms. The van der Waals surface area contributed by atoms with E-state index in [1.54, 1.807) is 6.92 Å². The van der Waals surface area contributed by atoms with Crippen molar-refractivity contribution in [2.24, 2.45) is 0 Å². The molecular weight excluding hydrogens is 263 g/mol. The average molecular weight is 276 g/mol. The number of benzene rings is 1. The molecule has 0 amide bonds. The first-order chi connectivity index (χ1) is 6.43. The van der Waals surface area contributed by atoms with Gasteiger partial charge in [0.2, 0.25) is 0 Å². The summed E-state index contributed by atoms with van der Waals surface area (Å²) in [6, 6.07) is 3.82. The van der Waals surface area contributed by atoms with Crippen LogP contribution in [0.5, 0.6) is 0 Å². The number of rotatable bonds is 2. The summed E-state index contributed by atoms with van der Waals surface area (Å²) in [4.78, 5) is 11.7. The SMILES string of the molecule is Cc1cc(C(=O)C(C)Cl)c(C)cc1Br. The molecule has 1 rings (SSSR count). The third-order valence-corrected chi connectivity index (χ3v) is 3.18. The Balaban J connectivity index is 3.22. The third kappa shape index (κ3) is 2.37. The molecule has 0 aliphatic carbocycles. The Morgan fingerprint density at radius 2 is 1.93 bits per heavy atom. The number of alkyl halides is 1. The quantitative estimate of drug-likeness (QED) is 0.591. The molecule has 1 nitrogen and oxygen atoms in total. The van der Waals surface area contributed by atoms with Gasteiger partial charge in [0.15, 0.2) is 5.78 Å². The topological polar surface area (TPSA) is 17.1 Å². The molecule has 0 heterocycles. The molecule has 0 bridgehead atoms. The molecule has 0 fully saturated rings. The number of Topliss-reactive ketones (excluding diaryl/α,β-unsaturated/α-hetero) is 1. The Morgan fingerprint density at radius 3 is 2.43 bits per heavy atom. The molecule has 0 N–H and O–H groups in total. The van der Waals surface area contributed by atoms with Gasteiger partial charge in [-0.1, -0.05) is 15.9 Å². The van der Waals surface area contributed by atoms with Crippen LogP contribution in [0.1, 0.15) is 28.4 Å². The molecule has 1 aromatic rings. The van der Waals surface area contributed by atoms with E-state index in [0.29, 0.717) is 5.56 Å². The van der Waals surface area contributed by atoms with E-state index in [-0.39, 0.29) is 5.78 Å². The average Bonchev–Trinajstić information content (AvgIpc) is 2.10. The minimum absolute atomic E-state index is 0.0141. The molecular formula is C11H12BrClO. The van der Waals surface area contributed by atoms with Crippen LogP contribution in [-0.4, -0.2) is 11.2 Å². The van der Waals surface area contributed by atoms with E-state index in [9.17, 15) is 4.79 Å². The van der Waals surface area contributed by atoms with E-state index in [2.05, 4.69) is 15.9 Å². The highest BCUT2D eigenvalue weighted by Crippen LogP contribution is 2.22. The highest BCUT2D eigenvalue weighted by Gasteiger charge is 2.15. The fraction of sp³-hybridized carbons (Fsp3) is 0.364. The summed E-state index contributed by atoms with van der Waals surface area (Å²) < 4.78 is 1.02. The molecule has 0 saturated heterocycles. The highest BCUT2D eigenvalue weighted by molar-refractivity contribution is 9.10. The summed E-state index contributed by atoms with van der Waals surface area (Å²) in [5.41, 5.74) is 2.73. The van der Waals surface area contributed by atoms with Gasteiger partial charge in [-0.05, 0) is 44.0 Å². The van der Waals surface area contributed by atoms with Gasteiger partial charge in [0.1, 0.15) is 0 Å². The van der Waals surface area contributed by atoms with E-state index in [1.807, 2.05) is 26.0 Å². The Bertz CT molecular complexity index is 372. The Labute approximate surface area is 97.6 Å². The van der Waals surface area contributed by atoms with Gasteiger partial charge in [-0.2, -0.15) is 0 Å². The van der Waals surface area contributed by atoms with Gasteiger partial charge < -0.3 is 0 Å². The fourth-order valence-corrected chi connectivity index (χ4v) is 1.84. The lowest BCUT2D eigenvalue weighted by Gasteiger charge is -2.09.